The lowest BCUT2D eigenvalue weighted by Crippen LogP contribution is -3.00. The lowest BCUT2D eigenvalue weighted by atomic mass is 10.2. The molecule has 0 bridgehead atoms. The lowest BCUT2D eigenvalue weighted by molar-refractivity contribution is -0.001000. The number of rotatable bonds is 6. The molecule has 8 heteroatoms. The molecular formula is C19H24Cl3N3O2-2. The number of nitrogens with zero attached hydrogens (tertiary/aromatic N) is 3. The van der Waals surface area contributed by atoms with E-state index in [0.29, 0.717) is 6.54 Å². The Morgan fingerprint density at radius 2 is 1.89 bits per heavy atom. The van der Waals surface area contributed by atoms with Crippen molar-refractivity contribution in [1.82, 2.24) is 9.88 Å². The van der Waals surface area contributed by atoms with Crippen LogP contribution in [0, 0.1) is 6.92 Å². The first-order chi connectivity index (χ1) is 12.1. The Kier molecular flexibility index (Phi) is 10.2. The number of aryl methyl sites for hydroxylation is 1. The summed E-state index contributed by atoms with van der Waals surface area (Å²) in [4.78, 5) is 8.93. The monoisotopic (exact) mass is 431 g/mol. The fourth-order valence-corrected chi connectivity index (χ4v) is 3.07. The minimum absolute atomic E-state index is 0. The quantitative estimate of drug-likeness (QED) is 0.516. The zero-order chi connectivity index (χ0) is 17.6. The molecule has 1 unspecified atom stereocenters. The van der Waals surface area contributed by atoms with Gasteiger partial charge in [-0.15, -0.1) is 0 Å². The number of aliphatic hydroxyl groups excluding tert-OH is 1. The predicted molar refractivity (Wildman–Crippen MR) is 101 cm³/mol. The topological polar surface area (TPSA) is 48.8 Å². The van der Waals surface area contributed by atoms with Gasteiger partial charge in [-0.2, -0.15) is 0 Å². The van der Waals surface area contributed by atoms with Crippen LogP contribution in [0.2, 0.25) is 5.02 Å². The van der Waals surface area contributed by atoms with Crippen LogP contribution in [-0.2, 0) is 0 Å². The maximum atomic E-state index is 10.3. The van der Waals surface area contributed by atoms with Gasteiger partial charge < -0.3 is 39.6 Å². The first-order valence-electron chi connectivity index (χ1n) is 8.57. The molecule has 0 saturated carbocycles. The molecule has 2 heterocycles. The van der Waals surface area contributed by atoms with E-state index >= 15 is 0 Å². The summed E-state index contributed by atoms with van der Waals surface area (Å²) in [6, 6.07) is 11.5. The standard InChI is InChI=1S/C19H24ClN3O2.2ClH/c1-15-12-17(5-6-18(15)20)25-14-16(24)13-22-8-10-23(11-9-22)19-4-2-3-7-21-19;;/h2-7,12,16,24H,8-11,13-14H2,1H3;2*1H/p-2. The van der Waals surface area contributed by atoms with Crippen molar-refractivity contribution in [3.8, 4) is 5.75 Å². The van der Waals surface area contributed by atoms with Gasteiger partial charge in [0.05, 0.1) is 0 Å². The molecule has 27 heavy (non-hydrogen) atoms. The molecule has 1 atom stereocenters. The second-order valence-electron chi connectivity index (χ2n) is 6.35. The van der Waals surface area contributed by atoms with E-state index in [-0.39, 0.29) is 31.4 Å². The summed E-state index contributed by atoms with van der Waals surface area (Å²) in [6.45, 7) is 6.49. The molecule has 0 spiro atoms. The van der Waals surface area contributed by atoms with E-state index in [4.69, 9.17) is 16.3 Å². The number of anilines is 1. The van der Waals surface area contributed by atoms with Gasteiger partial charge in [-0.05, 0) is 42.8 Å². The zero-order valence-electron chi connectivity index (χ0n) is 15.2. The van der Waals surface area contributed by atoms with Crippen molar-refractivity contribution in [2.24, 2.45) is 0 Å². The third kappa shape index (κ3) is 7.01. The molecule has 1 aliphatic rings. The molecule has 5 nitrogen and oxygen atoms in total. The SMILES string of the molecule is Cc1cc(OCC(O)CN2CCN(c3ccccn3)CC2)ccc1Cl.[Cl-].[Cl-]. The van der Waals surface area contributed by atoms with Crippen LogP contribution in [0.25, 0.3) is 0 Å². The third-order valence-electron chi connectivity index (χ3n) is 4.39. The number of β-amino-alcohol motifs (C(OH)–C–C–N with tert-alkyl or cyclic N) is 1. The van der Waals surface area contributed by atoms with E-state index in [1.165, 1.54) is 0 Å². The third-order valence-corrected chi connectivity index (χ3v) is 4.81. The molecule has 0 aliphatic carbocycles. The Bertz CT molecular complexity index is 683. The normalized spacial score (nSPS) is 15.4. The Labute approximate surface area is 178 Å². The van der Waals surface area contributed by atoms with Crippen LogP contribution < -0.4 is 34.5 Å². The van der Waals surface area contributed by atoms with Crippen molar-refractivity contribution in [2.45, 2.75) is 13.0 Å². The summed E-state index contributed by atoms with van der Waals surface area (Å²) < 4.78 is 5.68. The summed E-state index contributed by atoms with van der Waals surface area (Å²) in [5.74, 6) is 1.75. The molecule has 1 aromatic carbocycles. The second kappa shape index (κ2) is 11.6. The van der Waals surface area contributed by atoms with Crippen LogP contribution in [-0.4, -0.2) is 60.4 Å². The van der Waals surface area contributed by atoms with Crippen LogP contribution in [0.4, 0.5) is 5.82 Å². The van der Waals surface area contributed by atoms with Crippen LogP contribution in [0.1, 0.15) is 5.56 Å². The maximum Gasteiger partial charge on any atom is 0.128 e. The zero-order valence-corrected chi connectivity index (χ0v) is 17.5. The number of benzene rings is 1. The fourth-order valence-electron chi connectivity index (χ4n) is 2.95. The largest absolute Gasteiger partial charge is 1.00 e. The molecular weight excluding hydrogens is 409 g/mol. The highest BCUT2D eigenvalue weighted by atomic mass is 35.5. The molecule has 1 N–H and O–H groups in total. The van der Waals surface area contributed by atoms with E-state index in [1.54, 1.807) is 0 Å². The molecule has 150 valence electrons. The van der Waals surface area contributed by atoms with Crippen LogP contribution in [0.5, 0.6) is 5.75 Å². The van der Waals surface area contributed by atoms with Gasteiger partial charge in [-0.1, -0.05) is 17.7 Å². The Balaban J connectivity index is 0.00000182. The summed E-state index contributed by atoms with van der Waals surface area (Å²) >= 11 is 6.01. The number of piperazine rings is 1. The number of aromatic nitrogens is 1. The van der Waals surface area contributed by atoms with Gasteiger partial charge >= 0.3 is 0 Å². The number of aliphatic hydroxyl groups is 1. The van der Waals surface area contributed by atoms with Crippen molar-refractivity contribution in [1.29, 1.82) is 0 Å². The van der Waals surface area contributed by atoms with Crippen molar-refractivity contribution < 1.29 is 34.7 Å². The summed E-state index contributed by atoms with van der Waals surface area (Å²) in [5.41, 5.74) is 0.972. The minimum Gasteiger partial charge on any atom is -1.00 e. The first kappa shape index (κ1) is 23.8. The molecule has 1 aromatic heterocycles. The van der Waals surface area contributed by atoms with Gasteiger partial charge in [0.2, 0.25) is 0 Å². The minimum atomic E-state index is -0.516. The molecule has 0 radical (unpaired) electrons. The number of hydrogen-bond acceptors (Lipinski definition) is 5. The average Bonchev–Trinajstić information content (AvgIpc) is 2.64. The lowest BCUT2D eigenvalue weighted by Gasteiger charge is -2.36. The smallest absolute Gasteiger partial charge is 0.128 e. The first-order valence-corrected chi connectivity index (χ1v) is 8.95. The van der Waals surface area contributed by atoms with E-state index in [1.807, 2.05) is 49.5 Å². The van der Waals surface area contributed by atoms with Gasteiger partial charge in [-0.25, -0.2) is 4.98 Å². The van der Waals surface area contributed by atoms with Crippen LogP contribution in [0.15, 0.2) is 42.6 Å². The van der Waals surface area contributed by atoms with E-state index < -0.39 is 6.10 Å². The maximum absolute atomic E-state index is 10.3. The Morgan fingerprint density at radius 1 is 1.15 bits per heavy atom. The van der Waals surface area contributed by atoms with Gasteiger partial charge in [0, 0.05) is 43.9 Å². The van der Waals surface area contributed by atoms with Gasteiger partial charge in [0.25, 0.3) is 0 Å². The van der Waals surface area contributed by atoms with E-state index in [9.17, 15) is 5.11 Å². The molecule has 1 aliphatic heterocycles. The average molecular weight is 433 g/mol. The van der Waals surface area contributed by atoms with Gasteiger partial charge in [0.15, 0.2) is 0 Å². The van der Waals surface area contributed by atoms with E-state index in [2.05, 4.69) is 14.8 Å². The molecule has 0 amide bonds. The summed E-state index contributed by atoms with van der Waals surface area (Å²) in [6.07, 6.45) is 1.30. The Hall–Kier alpha value is -1.24. The highest BCUT2D eigenvalue weighted by molar-refractivity contribution is 6.31. The highest BCUT2D eigenvalue weighted by Gasteiger charge is 2.20. The fraction of sp³-hybridized carbons (Fsp3) is 0.421. The number of halogens is 3. The van der Waals surface area contributed by atoms with Gasteiger partial charge in [0.1, 0.15) is 24.3 Å². The molecule has 1 saturated heterocycles. The van der Waals surface area contributed by atoms with Crippen LogP contribution >= 0.6 is 11.6 Å². The van der Waals surface area contributed by atoms with Crippen molar-refractivity contribution in [3.05, 3.63) is 53.2 Å². The molecule has 1 fully saturated rings. The number of pyridine rings is 1. The molecule has 2 aromatic rings. The number of hydrogen-bond donors (Lipinski definition) is 1. The van der Waals surface area contributed by atoms with Crippen molar-refractivity contribution in [3.63, 3.8) is 0 Å². The Morgan fingerprint density at radius 3 is 2.52 bits per heavy atom. The van der Waals surface area contributed by atoms with Crippen LogP contribution in [0.3, 0.4) is 0 Å². The van der Waals surface area contributed by atoms with Crippen molar-refractivity contribution in [2.75, 3.05) is 44.2 Å². The summed E-state index contributed by atoms with van der Waals surface area (Å²) in [5, 5.41) is 11.0. The summed E-state index contributed by atoms with van der Waals surface area (Å²) in [7, 11) is 0. The van der Waals surface area contributed by atoms with E-state index in [0.717, 1.165) is 48.3 Å². The van der Waals surface area contributed by atoms with Gasteiger partial charge in [-0.3, -0.25) is 4.90 Å². The highest BCUT2D eigenvalue weighted by Crippen LogP contribution is 2.21. The molecule has 3 rings (SSSR count). The predicted octanol–water partition coefficient (Wildman–Crippen LogP) is -3.39. The number of ether oxygens (including phenoxy) is 1. The second-order valence-corrected chi connectivity index (χ2v) is 6.76. The van der Waals surface area contributed by atoms with Crippen molar-refractivity contribution >= 4 is 17.4 Å².